The number of carbonyl (C=O) groups is 1. The quantitative estimate of drug-likeness (QED) is 0.296. The van der Waals surface area contributed by atoms with Crippen molar-refractivity contribution in [3.05, 3.63) is 22.4 Å². The molecule has 1 amide bonds. The first-order valence-electron chi connectivity index (χ1n) is 11.2. The van der Waals surface area contributed by atoms with E-state index < -0.39 is 0 Å². The Hall–Kier alpha value is -0.870. The van der Waals surface area contributed by atoms with E-state index in [9.17, 15) is 4.79 Å². The van der Waals surface area contributed by atoms with E-state index in [1.807, 2.05) is 7.05 Å². The minimum absolute atomic E-state index is 0. The van der Waals surface area contributed by atoms with E-state index in [2.05, 4.69) is 56.1 Å². The predicted octanol–water partition coefficient (Wildman–Crippen LogP) is 3.71. The van der Waals surface area contributed by atoms with Crippen molar-refractivity contribution in [2.24, 2.45) is 10.9 Å². The van der Waals surface area contributed by atoms with Crippen molar-refractivity contribution in [1.82, 2.24) is 20.4 Å². The number of halogens is 1. The van der Waals surface area contributed by atoms with Gasteiger partial charge in [0.1, 0.15) is 0 Å². The zero-order valence-corrected chi connectivity index (χ0v) is 21.7. The topological polar surface area (TPSA) is 60.0 Å². The smallest absolute Gasteiger partial charge is 0.225 e. The molecule has 0 spiro atoms. The molecule has 2 N–H and O–H groups in total. The number of guanidine groups is 1. The van der Waals surface area contributed by atoms with E-state index in [0.29, 0.717) is 11.9 Å². The first-order valence-corrected chi connectivity index (χ1v) is 12.1. The molecule has 2 atom stereocenters. The molecule has 170 valence electrons. The zero-order chi connectivity index (χ0) is 20.6. The second-order valence-corrected chi connectivity index (χ2v) is 8.92. The molecule has 1 aliphatic carbocycles. The summed E-state index contributed by atoms with van der Waals surface area (Å²) in [7, 11) is 1.82. The Morgan fingerprint density at radius 3 is 2.63 bits per heavy atom. The fraction of sp³-hybridized carbons (Fsp3) is 0.727. The van der Waals surface area contributed by atoms with E-state index in [1.54, 1.807) is 11.3 Å². The van der Waals surface area contributed by atoms with E-state index >= 15 is 0 Å². The first-order chi connectivity index (χ1) is 14.2. The first kappa shape index (κ1) is 25.4. The van der Waals surface area contributed by atoms with Gasteiger partial charge in [0.15, 0.2) is 5.96 Å². The van der Waals surface area contributed by atoms with Crippen LogP contribution in [0.15, 0.2) is 21.8 Å². The normalized spacial score (nSPS) is 21.0. The van der Waals surface area contributed by atoms with Crippen LogP contribution in [0.1, 0.15) is 57.6 Å². The lowest BCUT2D eigenvalue weighted by Gasteiger charge is -2.30. The number of aliphatic imine (C=N–C) groups is 1. The van der Waals surface area contributed by atoms with Crippen LogP contribution >= 0.6 is 35.3 Å². The number of likely N-dealkylation sites (tertiary alicyclic amines) is 1. The third-order valence-electron chi connectivity index (χ3n) is 6.41. The Labute approximate surface area is 202 Å². The number of thiophene rings is 1. The summed E-state index contributed by atoms with van der Waals surface area (Å²) in [5.41, 5.74) is 1.36. The van der Waals surface area contributed by atoms with Crippen molar-refractivity contribution in [1.29, 1.82) is 0 Å². The van der Waals surface area contributed by atoms with Crippen molar-refractivity contribution in [2.75, 3.05) is 39.8 Å². The van der Waals surface area contributed by atoms with Crippen molar-refractivity contribution in [3.8, 4) is 0 Å². The second-order valence-electron chi connectivity index (χ2n) is 8.14. The summed E-state index contributed by atoms with van der Waals surface area (Å²) in [5, 5.41) is 11.5. The SMILES string of the molecule is CCN(CC)C(CNC(=NC)NC1CCN(C(=O)C2CCCC2)C1)c1ccsc1.I. The maximum atomic E-state index is 12.7. The van der Waals surface area contributed by atoms with Crippen LogP contribution < -0.4 is 10.6 Å². The molecule has 1 saturated heterocycles. The molecule has 1 aromatic heterocycles. The number of likely N-dealkylation sites (N-methyl/N-ethyl adjacent to an activating group) is 1. The standard InChI is InChI=1S/C22H37N5OS.HI/c1-4-26(5-2)20(18-11-13-29-16-18)14-24-22(23-3)25-19-10-12-27(15-19)21(28)17-8-6-7-9-17;/h11,13,16-17,19-20H,4-10,12,14-15H2,1-3H3,(H2,23,24,25);1H. The molecule has 0 radical (unpaired) electrons. The number of amides is 1. The summed E-state index contributed by atoms with van der Waals surface area (Å²) < 4.78 is 0. The Bertz CT molecular complexity index is 658. The van der Waals surface area contributed by atoms with Gasteiger partial charge in [0, 0.05) is 38.6 Å². The lowest BCUT2D eigenvalue weighted by molar-refractivity contribution is -0.134. The lowest BCUT2D eigenvalue weighted by atomic mass is 10.1. The summed E-state index contributed by atoms with van der Waals surface area (Å²) in [5.74, 6) is 1.47. The van der Waals surface area contributed by atoms with Gasteiger partial charge in [-0.3, -0.25) is 14.7 Å². The van der Waals surface area contributed by atoms with Gasteiger partial charge in [-0.1, -0.05) is 26.7 Å². The molecule has 2 heterocycles. The number of rotatable bonds is 8. The van der Waals surface area contributed by atoms with Crippen LogP contribution in [0.5, 0.6) is 0 Å². The van der Waals surface area contributed by atoms with Gasteiger partial charge in [-0.25, -0.2) is 0 Å². The molecule has 0 bridgehead atoms. The van der Waals surface area contributed by atoms with Gasteiger partial charge in [0.25, 0.3) is 0 Å². The van der Waals surface area contributed by atoms with E-state index in [1.165, 1.54) is 18.4 Å². The molecule has 30 heavy (non-hydrogen) atoms. The van der Waals surface area contributed by atoms with Crippen LogP contribution in [0, 0.1) is 5.92 Å². The maximum Gasteiger partial charge on any atom is 0.225 e. The van der Waals surface area contributed by atoms with Crippen molar-refractivity contribution in [3.63, 3.8) is 0 Å². The second kappa shape index (κ2) is 12.9. The molecule has 1 saturated carbocycles. The average molecular weight is 548 g/mol. The van der Waals surface area contributed by atoms with Crippen LogP contribution in [-0.2, 0) is 4.79 Å². The van der Waals surface area contributed by atoms with E-state index in [4.69, 9.17) is 0 Å². The third-order valence-corrected chi connectivity index (χ3v) is 7.11. The lowest BCUT2D eigenvalue weighted by Crippen LogP contribution is -2.47. The highest BCUT2D eigenvalue weighted by molar-refractivity contribution is 14.0. The van der Waals surface area contributed by atoms with Gasteiger partial charge in [-0.15, -0.1) is 24.0 Å². The fourth-order valence-electron chi connectivity index (χ4n) is 4.68. The molecule has 1 aromatic rings. The Balaban J connectivity index is 0.00000320. The molecule has 8 heteroatoms. The van der Waals surface area contributed by atoms with Crippen LogP contribution in [0.4, 0.5) is 0 Å². The highest BCUT2D eigenvalue weighted by Crippen LogP contribution is 2.28. The number of carbonyl (C=O) groups excluding carboxylic acids is 1. The number of nitrogens with one attached hydrogen (secondary N) is 2. The molecule has 2 unspecified atom stereocenters. The van der Waals surface area contributed by atoms with Crippen LogP contribution in [0.25, 0.3) is 0 Å². The Morgan fingerprint density at radius 1 is 1.30 bits per heavy atom. The van der Waals surface area contributed by atoms with Gasteiger partial charge in [0.2, 0.25) is 5.91 Å². The maximum absolute atomic E-state index is 12.7. The van der Waals surface area contributed by atoms with Crippen molar-refractivity contribution in [2.45, 2.75) is 58.0 Å². The summed E-state index contributed by atoms with van der Waals surface area (Å²) >= 11 is 1.75. The van der Waals surface area contributed by atoms with Gasteiger partial charge < -0.3 is 15.5 Å². The fourth-order valence-corrected chi connectivity index (χ4v) is 5.38. The molecule has 2 fully saturated rings. The predicted molar refractivity (Wildman–Crippen MR) is 137 cm³/mol. The summed E-state index contributed by atoms with van der Waals surface area (Å²) in [6.07, 6.45) is 5.56. The van der Waals surface area contributed by atoms with Gasteiger partial charge in [0.05, 0.1) is 6.04 Å². The van der Waals surface area contributed by atoms with E-state index in [0.717, 1.165) is 57.9 Å². The summed E-state index contributed by atoms with van der Waals surface area (Å²) in [4.78, 5) is 21.7. The number of hydrogen-bond acceptors (Lipinski definition) is 4. The Morgan fingerprint density at radius 2 is 2.03 bits per heavy atom. The largest absolute Gasteiger partial charge is 0.354 e. The van der Waals surface area contributed by atoms with Gasteiger partial charge in [-0.2, -0.15) is 11.3 Å². The third kappa shape index (κ3) is 6.56. The Kier molecular flexibility index (Phi) is 10.9. The summed E-state index contributed by atoms with van der Waals surface area (Å²) in [6.45, 7) is 8.93. The average Bonchev–Trinajstić information content (AvgIpc) is 3.51. The summed E-state index contributed by atoms with van der Waals surface area (Å²) in [6, 6.07) is 2.83. The molecule has 3 rings (SSSR count). The van der Waals surface area contributed by atoms with Gasteiger partial charge >= 0.3 is 0 Å². The van der Waals surface area contributed by atoms with Crippen LogP contribution in [-0.4, -0.2) is 67.5 Å². The van der Waals surface area contributed by atoms with E-state index in [-0.39, 0.29) is 35.9 Å². The minimum Gasteiger partial charge on any atom is -0.354 e. The molecule has 1 aliphatic heterocycles. The monoisotopic (exact) mass is 547 g/mol. The molecule has 6 nitrogen and oxygen atoms in total. The van der Waals surface area contributed by atoms with Crippen molar-refractivity contribution >= 4 is 47.2 Å². The number of nitrogens with zero attached hydrogens (tertiary/aromatic N) is 3. The minimum atomic E-state index is 0. The zero-order valence-electron chi connectivity index (χ0n) is 18.6. The molecule has 2 aliphatic rings. The van der Waals surface area contributed by atoms with Crippen LogP contribution in [0.3, 0.4) is 0 Å². The van der Waals surface area contributed by atoms with Crippen LogP contribution in [0.2, 0.25) is 0 Å². The van der Waals surface area contributed by atoms with Gasteiger partial charge in [-0.05, 0) is 54.7 Å². The van der Waals surface area contributed by atoms with Crippen molar-refractivity contribution < 1.29 is 4.79 Å². The highest BCUT2D eigenvalue weighted by Gasteiger charge is 2.32. The number of hydrogen-bond donors (Lipinski definition) is 2. The molecular formula is C22H38IN5OS. The highest BCUT2D eigenvalue weighted by atomic mass is 127. The molecular weight excluding hydrogens is 509 g/mol. The molecule has 0 aromatic carbocycles.